The number of aromatic nitrogens is 1. The van der Waals surface area contributed by atoms with Gasteiger partial charge in [0.05, 0.1) is 41.7 Å². The molecular formula is C18H17N3O8S. The molecule has 0 saturated carbocycles. The van der Waals surface area contributed by atoms with Crippen LogP contribution in [0.15, 0.2) is 27.9 Å². The Morgan fingerprint density at radius 1 is 1.13 bits per heavy atom. The highest BCUT2D eigenvalue weighted by molar-refractivity contribution is 7.91. The number of rotatable bonds is 5. The van der Waals surface area contributed by atoms with Gasteiger partial charge in [0, 0.05) is 12.1 Å². The molecule has 3 rings (SSSR count). The van der Waals surface area contributed by atoms with E-state index in [9.17, 15) is 27.6 Å². The van der Waals surface area contributed by atoms with Gasteiger partial charge in [-0.05, 0) is 6.07 Å². The van der Waals surface area contributed by atoms with Gasteiger partial charge in [0.25, 0.3) is 17.4 Å². The van der Waals surface area contributed by atoms with Gasteiger partial charge in [-0.1, -0.05) is 6.92 Å². The van der Waals surface area contributed by atoms with Gasteiger partial charge in [-0.15, -0.1) is 0 Å². The first-order chi connectivity index (χ1) is 14.1. The van der Waals surface area contributed by atoms with Crippen molar-refractivity contribution in [1.29, 1.82) is 0 Å². The van der Waals surface area contributed by atoms with E-state index in [4.69, 9.17) is 10.5 Å². The van der Waals surface area contributed by atoms with Crippen molar-refractivity contribution in [2.75, 3.05) is 25.7 Å². The highest BCUT2D eigenvalue weighted by atomic mass is 32.2. The first-order valence-corrected chi connectivity index (χ1v) is 10.2. The number of nitrogens with two attached hydrogens (primary N) is 1. The third kappa shape index (κ3) is 3.10. The fraction of sp³-hybridized carbons (Fsp3) is 0.222. The number of nitrogens with one attached hydrogen (secondary N) is 1. The maximum atomic E-state index is 12.8. The molecule has 2 heterocycles. The molecule has 0 fully saturated rings. The summed E-state index contributed by atoms with van der Waals surface area (Å²) >= 11 is 0. The molecule has 1 aromatic carbocycles. The predicted molar refractivity (Wildman–Crippen MR) is 104 cm³/mol. The number of carbonyl (C=O) groups excluding carboxylic acids is 3. The van der Waals surface area contributed by atoms with E-state index in [1.54, 1.807) is 0 Å². The number of amides is 2. The normalized spacial score (nSPS) is 13.0. The van der Waals surface area contributed by atoms with Crippen LogP contribution in [-0.4, -0.2) is 50.7 Å². The number of methoxy groups -OCH3 is 2. The summed E-state index contributed by atoms with van der Waals surface area (Å²) in [5, 5.41) is 2.02. The molecule has 2 aromatic rings. The van der Waals surface area contributed by atoms with E-state index in [0.29, 0.717) is 0 Å². The van der Waals surface area contributed by atoms with Crippen LogP contribution in [-0.2, 0) is 14.6 Å². The van der Waals surface area contributed by atoms with Crippen LogP contribution in [0, 0.1) is 0 Å². The van der Waals surface area contributed by atoms with Crippen molar-refractivity contribution in [2.45, 2.75) is 11.8 Å². The number of sulfone groups is 1. The molecule has 0 unspecified atom stereocenters. The largest absolute Gasteiger partial charge is 0.496 e. The quantitative estimate of drug-likeness (QED) is 0.482. The molecule has 0 aliphatic carbocycles. The van der Waals surface area contributed by atoms with Gasteiger partial charge in [-0.3, -0.25) is 24.3 Å². The van der Waals surface area contributed by atoms with Crippen LogP contribution >= 0.6 is 0 Å². The summed E-state index contributed by atoms with van der Waals surface area (Å²) in [7, 11) is -1.63. The second kappa shape index (κ2) is 7.30. The van der Waals surface area contributed by atoms with Crippen LogP contribution in [0.1, 0.15) is 38.0 Å². The van der Waals surface area contributed by atoms with E-state index in [-0.39, 0.29) is 33.9 Å². The summed E-state index contributed by atoms with van der Waals surface area (Å²) in [4.78, 5) is 48.4. The number of carbonyl (C=O) groups is 3. The van der Waals surface area contributed by atoms with Gasteiger partial charge in [0.15, 0.2) is 9.84 Å². The molecule has 12 heteroatoms. The molecule has 0 radical (unpaired) electrons. The fourth-order valence-corrected chi connectivity index (χ4v) is 4.17. The molecule has 3 N–H and O–H groups in total. The fourth-order valence-electron chi connectivity index (χ4n) is 3.09. The standard InChI is InChI=1S/C18H17N3O8S/c1-4-30(26,27)12-5-8(18(25)29-3)11(28-2)7-10(12)21-13(22)6-9-14(15(21)19)17(24)20-16(9)23/h5-7H,4,19H2,1-3H3,(H,20,23,24). The molecule has 0 spiro atoms. The maximum Gasteiger partial charge on any atom is 0.341 e. The Morgan fingerprint density at radius 3 is 2.37 bits per heavy atom. The molecular weight excluding hydrogens is 418 g/mol. The monoisotopic (exact) mass is 435 g/mol. The van der Waals surface area contributed by atoms with Crippen molar-refractivity contribution in [2.24, 2.45) is 0 Å². The lowest BCUT2D eigenvalue weighted by atomic mass is 10.1. The van der Waals surface area contributed by atoms with Crippen LogP contribution in [0.5, 0.6) is 5.75 Å². The lowest BCUT2D eigenvalue weighted by molar-refractivity contribution is 0.0596. The lowest BCUT2D eigenvalue weighted by Gasteiger charge is -2.18. The summed E-state index contributed by atoms with van der Waals surface area (Å²) in [5.74, 6) is -3.33. The van der Waals surface area contributed by atoms with Crippen LogP contribution < -0.4 is 21.3 Å². The van der Waals surface area contributed by atoms with Crippen molar-refractivity contribution in [3.8, 4) is 11.4 Å². The molecule has 11 nitrogen and oxygen atoms in total. The van der Waals surface area contributed by atoms with Crippen molar-refractivity contribution in [3.05, 3.63) is 45.2 Å². The smallest absolute Gasteiger partial charge is 0.341 e. The summed E-state index contributed by atoms with van der Waals surface area (Å²) in [5.41, 5.74) is 4.28. The number of ether oxygens (including phenoxy) is 2. The highest BCUT2D eigenvalue weighted by Gasteiger charge is 2.33. The zero-order chi connectivity index (χ0) is 22.4. The van der Waals surface area contributed by atoms with Crippen LogP contribution in [0.25, 0.3) is 5.69 Å². The zero-order valence-corrected chi connectivity index (χ0v) is 17.0. The zero-order valence-electron chi connectivity index (χ0n) is 16.1. The van der Waals surface area contributed by atoms with Gasteiger partial charge >= 0.3 is 5.97 Å². The first-order valence-electron chi connectivity index (χ1n) is 8.52. The number of nitrogen functional groups attached to an aromatic ring is 1. The third-order valence-corrected chi connectivity index (χ3v) is 6.35. The molecule has 0 atom stereocenters. The van der Waals surface area contributed by atoms with Crippen molar-refractivity contribution >= 4 is 33.4 Å². The Kier molecular flexibility index (Phi) is 5.12. The average molecular weight is 435 g/mol. The minimum atomic E-state index is -3.98. The molecule has 1 aromatic heterocycles. The van der Waals surface area contributed by atoms with Crippen molar-refractivity contribution in [3.63, 3.8) is 0 Å². The number of anilines is 1. The first kappa shape index (κ1) is 21.0. The molecule has 1 aliphatic rings. The Morgan fingerprint density at radius 2 is 1.80 bits per heavy atom. The van der Waals surface area contributed by atoms with E-state index in [1.165, 1.54) is 14.0 Å². The van der Waals surface area contributed by atoms with Crippen molar-refractivity contribution < 1.29 is 32.3 Å². The number of hydrogen-bond donors (Lipinski definition) is 2. The van der Waals surface area contributed by atoms with E-state index >= 15 is 0 Å². The third-order valence-electron chi connectivity index (χ3n) is 4.60. The number of imide groups is 1. The SMILES string of the molecule is CCS(=O)(=O)c1cc(C(=O)OC)c(OC)cc1-n1c(N)c2c(cc1=O)C(=O)NC2=O. The predicted octanol–water partition coefficient (Wildman–Crippen LogP) is -0.108. The lowest BCUT2D eigenvalue weighted by Crippen LogP contribution is -2.26. The van der Waals surface area contributed by atoms with E-state index in [2.05, 4.69) is 4.74 Å². The van der Waals surface area contributed by atoms with Gasteiger partial charge in [-0.2, -0.15) is 0 Å². The number of nitrogens with zero attached hydrogens (tertiary/aromatic N) is 1. The second-order valence-corrected chi connectivity index (χ2v) is 8.44. The van der Waals surface area contributed by atoms with Crippen molar-refractivity contribution in [1.82, 2.24) is 9.88 Å². The number of fused-ring (bicyclic) bond motifs is 1. The maximum absolute atomic E-state index is 12.8. The average Bonchev–Trinajstić information content (AvgIpc) is 3.00. The van der Waals surface area contributed by atoms with E-state index in [1.807, 2.05) is 5.32 Å². The molecule has 0 bridgehead atoms. The van der Waals surface area contributed by atoms with Gasteiger partial charge in [0.1, 0.15) is 17.1 Å². The summed E-state index contributed by atoms with van der Waals surface area (Å²) in [6, 6.07) is 3.03. The molecule has 30 heavy (non-hydrogen) atoms. The Hall–Kier alpha value is -3.67. The Balaban J connectivity index is 2.47. The van der Waals surface area contributed by atoms with Gasteiger partial charge in [-0.25, -0.2) is 13.2 Å². The van der Waals surface area contributed by atoms with Gasteiger partial charge in [0.2, 0.25) is 0 Å². The van der Waals surface area contributed by atoms with E-state index in [0.717, 1.165) is 29.9 Å². The minimum Gasteiger partial charge on any atom is -0.496 e. The summed E-state index contributed by atoms with van der Waals surface area (Å²) < 4.78 is 36.1. The topological polar surface area (TPSA) is 164 Å². The summed E-state index contributed by atoms with van der Waals surface area (Å²) in [6.45, 7) is 1.38. The number of pyridine rings is 1. The highest BCUT2D eigenvalue weighted by Crippen LogP contribution is 2.32. The van der Waals surface area contributed by atoms with E-state index < -0.39 is 43.9 Å². The minimum absolute atomic E-state index is 0.0840. The molecule has 158 valence electrons. The van der Waals surface area contributed by atoms with Crippen LogP contribution in [0.2, 0.25) is 0 Å². The van der Waals surface area contributed by atoms with Gasteiger partial charge < -0.3 is 15.2 Å². The van der Waals surface area contributed by atoms with Crippen LogP contribution in [0.3, 0.4) is 0 Å². The molecule has 2 amide bonds. The Labute approximate surface area is 170 Å². The second-order valence-electron chi connectivity index (χ2n) is 6.19. The van der Waals surface area contributed by atoms with Crippen LogP contribution in [0.4, 0.5) is 5.82 Å². The number of benzene rings is 1. The number of hydrogen-bond acceptors (Lipinski definition) is 9. The Bertz CT molecular complexity index is 1280. The molecule has 0 saturated heterocycles. The molecule has 1 aliphatic heterocycles. The number of esters is 1. The summed E-state index contributed by atoms with van der Waals surface area (Å²) in [6.07, 6.45) is 0.